The number of benzene rings is 1. The Kier molecular flexibility index (Phi) is 6.50. The van der Waals surface area contributed by atoms with E-state index in [-0.39, 0.29) is 18.1 Å². The van der Waals surface area contributed by atoms with Gasteiger partial charge in [-0.3, -0.25) is 0 Å². The van der Waals surface area contributed by atoms with E-state index in [0.717, 1.165) is 18.7 Å². The van der Waals surface area contributed by atoms with Crippen molar-refractivity contribution in [3.63, 3.8) is 0 Å². The van der Waals surface area contributed by atoms with Gasteiger partial charge in [-0.25, -0.2) is 0 Å². The van der Waals surface area contributed by atoms with Gasteiger partial charge in [0.05, 0.1) is 13.2 Å². The number of hydrogen-bond donors (Lipinski definition) is 2. The number of likely N-dealkylation sites (N-methyl/N-ethyl adjacent to an activating group) is 1. The Morgan fingerprint density at radius 1 is 1.30 bits per heavy atom. The molecule has 3 nitrogen and oxygen atoms in total. The molecule has 0 aliphatic heterocycles. The zero-order chi connectivity index (χ0) is 15.2. The van der Waals surface area contributed by atoms with Crippen LogP contribution in [0.5, 0.6) is 5.75 Å². The molecule has 0 aliphatic carbocycles. The lowest BCUT2D eigenvalue weighted by Crippen LogP contribution is -2.33. The van der Waals surface area contributed by atoms with E-state index in [9.17, 15) is 5.11 Å². The van der Waals surface area contributed by atoms with Crippen LogP contribution in [0.25, 0.3) is 0 Å². The number of aliphatic hydroxyl groups excluding tert-OH is 1. The van der Waals surface area contributed by atoms with Crippen molar-refractivity contribution < 1.29 is 9.84 Å². The lowest BCUT2D eigenvalue weighted by atomic mass is 9.85. The largest absolute Gasteiger partial charge is 0.493 e. The molecule has 0 spiro atoms. The van der Waals surface area contributed by atoms with Crippen LogP contribution in [-0.4, -0.2) is 30.9 Å². The van der Waals surface area contributed by atoms with E-state index >= 15 is 0 Å². The van der Waals surface area contributed by atoms with Crippen molar-refractivity contribution >= 4 is 0 Å². The predicted molar refractivity (Wildman–Crippen MR) is 84.5 cm³/mol. The van der Waals surface area contributed by atoms with Crippen LogP contribution in [-0.2, 0) is 5.41 Å². The average molecular weight is 279 g/mol. The van der Waals surface area contributed by atoms with Crippen molar-refractivity contribution in [1.82, 2.24) is 5.32 Å². The zero-order valence-corrected chi connectivity index (χ0v) is 13.5. The van der Waals surface area contributed by atoms with E-state index in [1.807, 2.05) is 6.92 Å². The summed E-state index contributed by atoms with van der Waals surface area (Å²) in [5.74, 6) is 0.955. The summed E-state index contributed by atoms with van der Waals surface area (Å²) in [7, 11) is 0. The monoisotopic (exact) mass is 279 g/mol. The van der Waals surface area contributed by atoms with E-state index in [2.05, 4.69) is 51.2 Å². The summed E-state index contributed by atoms with van der Waals surface area (Å²) in [6.07, 6.45) is 0.807. The van der Waals surface area contributed by atoms with Gasteiger partial charge in [-0.1, -0.05) is 45.4 Å². The molecule has 0 radical (unpaired) electrons. The van der Waals surface area contributed by atoms with Crippen molar-refractivity contribution in [1.29, 1.82) is 0 Å². The van der Waals surface area contributed by atoms with Gasteiger partial charge < -0.3 is 15.2 Å². The quantitative estimate of drug-likeness (QED) is 0.806. The Morgan fingerprint density at radius 2 is 2.00 bits per heavy atom. The number of rotatable bonds is 7. The summed E-state index contributed by atoms with van der Waals surface area (Å²) in [5.41, 5.74) is 2.56. The molecular weight excluding hydrogens is 250 g/mol. The van der Waals surface area contributed by atoms with Gasteiger partial charge in [0.15, 0.2) is 0 Å². The summed E-state index contributed by atoms with van der Waals surface area (Å²) in [6.45, 7) is 12.4. The lowest BCUT2D eigenvalue weighted by Gasteiger charge is -2.24. The molecule has 2 N–H and O–H groups in total. The van der Waals surface area contributed by atoms with Gasteiger partial charge in [0.1, 0.15) is 5.75 Å². The number of aliphatic hydroxyl groups is 1. The summed E-state index contributed by atoms with van der Waals surface area (Å²) in [6, 6.07) is 6.45. The van der Waals surface area contributed by atoms with Crippen molar-refractivity contribution in [2.45, 2.75) is 52.5 Å². The molecule has 0 saturated heterocycles. The molecule has 0 aromatic heterocycles. The second-order valence-electron chi connectivity index (χ2n) is 6.32. The maximum Gasteiger partial charge on any atom is 0.123 e. The van der Waals surface area contributed by atoms with Crippen molar-refractivity contribution in [3.05, 3.63) is 29.3 Å². The molecule has 3 heteroatoms. The Balaban J connectivity index is 2.68. The van der Waals surface area contributed by atoms with Gasteiger partial charge in [-0.2, -0.15) is 0 Å². The third kappa shape index (κ3) is 5.14. The van der Waals surface area contributed by atoms with E-state index < -0.39 is 0 Å². The van der Waals surface area contributed by atoms with Gasteiger partial charge in [-0.05, 0) is 36.9 Å². The van der Waals surface area contributed by atoms with Crippen molar-refractivity contribution in [2.75, 3.05) is 19.8 Å². The van der Waals surface area contributed by atoms with E-state index in [1.165, 1.54) is 11.1 Å². The highest BCUT2D eigenvalue weighted by Gasteiger charge is 2.19. The van der Waals surface area contributed by atoms with Crippen molar-refractivity contribution in [3.8, 4) is 5.75 Å². The molecule has 20 heavy (non-hydrogen) atoms. The summed E-state index contributed by atoms with van der Waals surface area (Å²) >= 11 is 0. The number of hydrogen-bond acceptors (Lipinski definition) is 3. The first kappa shape index (κ1) is 17.0. The molecule has 0 heterocycles. The van der Waals surface area contributed by atoms with E-state index in [1.54, 1.807) is 0 Å². The number of ether oxygens (including phenoxy) is 1. The van der Waals surface area contributed by atoms with Crippen LogP contribution >= 0.6 is 0 Å². The Labute approximate surface area is 123 Å². The Bertz CT molecular complexity index is 410. The lowest BCUT2D eigenvalue weighted by molar-refractivity contribution is 0.209. The first-order valence-corrected chi connectivity index (χ1v) is 7.46. The maximum absolute atomic E-state index is 9.26. The highest BCUT2D eigenvalue weighted by Crippen LogP contribution is 2.32. The molecule has 0 bridgehead atoms. The standard InChI is InChI=1S/C17H29NO2/c1-6-18-14(12-19)9-10-20-16-8-7-13(2)11-15(16)17(3,4)5/h7-8,11,14,18-19H,6,9-10,12H2,1-5H3. The molecule has 0 fully saturated rings. The second-order valence-corrected chi connectivity index (χ2v) is 6.32. The Hall–Kier alpha value is -1.06. The summed E-state index contributed by atoms with van der Waals surface area (Å²) < 4.78 is 5.95. The van der Waals surface area contributed by atoms with Gasteiger partial charge >= 0.3 is 0 Å². The van der Waals surface area contributed by atoms with Gasteiger partial charge in [0.25, 0.3) is 0 Å². The smallest absolute Gasteiger partial charge is 0.123 e. The zero-order valence-electron chi connectivity index (χ0n) is 13.5. The minimum atomic E-state index is 0.0689. The minimum Gasteiger partial charge on any atom is -0.493 e. The van der Waals surface area contributed by atoms with Crippen LogP contribution in [0, 0.1) is 6.92 Å². The maximum atomic E-state index is 9.26. The predicted octanol–water partition coefficient (Wildman–Crippen LogP) is 3.03. The van der Waals surface area contributed by atoms with Crippen LogP contribution in [0.3, 0.4) is 0 Å². The molecule has 0 amide bonds. The molecule has 1 rings (SSSR count). The Morgan fingerprint density at radius 3 is 2.55 bits per heavy atom. The molecule has 1 unspecified atom stereocenters. The molecular formula is C17H29NO2. The third-order valence-electron chi connectivity index (χ3n) is 3.38. The average Bonchev–Trinajstić information content (AvgIpc) is 2.38. The van der Waals surface area contributed by atoms with Crippen LogP contribution in [0.2, 0.25) is 0 Å². The van der Waals surface area contributed by atoms with Crippen LogP contribution in [0.15, 0.2) is 18.2 Å². The normalized spacial score (nSPS) is 13.3. The molecule has 0 aliphatic rings. The molecule has 0 saturated carbocycles. The number of aryl methyl sites for hydroxylation is 1. The van der Waals surface area contributed by atoms with Crippen LogP contribution < -0.4 is 10.1 Å². The van der Waals surface area contributed by atoms with Gasteiger partial charge in [0.2, 0.25) is 0 Å². The topological polar surface area (TPSA) is 41.5 Å². The molecule has 1 aromatic carbocycles. The number of nitrogens with one attached hydrogen (secondary N) is 1. The van der Waals surface area contributed by atoms with E-state index in [4.69, 9.17) is 4.74 Å². The highest BCUT2D eigenvalue weighted by molar-refractivity contribution is 5.41. The van der Waals surface area contributed by atoms with Crippen molar-refractivity contribution in [2.24, 2.45) is 0 Å². The minimum absolute atomic E-state index is 0.0689. The highest BCUT2D eigenvalue weighted by atomic mass is 16.5. The van der Waals surface area contributed by atoms with Crippen LogP contribution in [0.4, 0.5) is 0 Å². The van der Waals surface area contributed by atoms with Gasteiger partial charge in [0, 0.05) is 6.04 Å². The molecule has 114 valence electrons. The summed E-state index contributed by atoms with van der Waals surface area (Å²) in [4.78, 5) is 0. The van der Waals surface area contributed by atoms with Gasteiger partial charge in [-0.15, -0.1) is 0 Å². The first-order valence-electron chi connectivity index (χ1n) is 7.46. The SMILES string of the molecule is CCNC(CO)CCOc1ccc(C)cc1C(C)(C)C. The first-order chi connectivity index (χ1) is 9.38. The fourth-order valence-corrected chi connectivity index (χ4v) is 2.21. The fourth-order valence-electron chi connectivity index (χ4n) is 2.21. The fraction of sp³-hybridized carbons (Fsp3) is 0.647. The third-order valence-corrected chi connectivity index (χ3v) is 3.38. The second kappa shape index (κ2) is 7.65. The molecule has 1 atom stereocenters. The summed E-state index contributed by atoms with van der Waals surface area (Å²) in [5, 5.41) is 12.5. The van der Waals surface area contributed by atoms with E-state index in [0.29, 0.717) is 6.61 Å². The van der Waals surface area contributed by atoms with Crippen LogP contribution in [0.1, 0.15) is 45.2 Å². The molecule has 1 aromatic rings.